The van der Waals surface area contributed by atoms with Gasteiger partial charge in [-0.25, -0.2) is 4.79 Å². The van der Waals surface area contributed by atoms with Crippen LogP contribution in [0.25, 0.3) is 10.9 Å². The number of carbonyl (C=O) groups excluding carboxylic acids is 10. The fourth-order valence-corrected chi connectivity index (χ4v) is 8.74. The summed E-state index contributed by atoms with van der Waals surface area (Å²) in [6.07, 6.45) is 3.03. The van der Waals surface area contributed by atoms with Gasteiger partial charge in [0.2, 0.25) is 47.3 Å². The summed E-state index contributed by atoms with van der Waals surface area (Å²) in [6, 6.07) is 4.42. The highest BCUT2D eigenvalue weighted by atomic mass is 32.1. The van der Waals surface area contributed by atoms with E-state index < -0.39 is 114 Å². The Morgan fingerprint density at radius 3 is 1.85 bits per heavy atom. The number of imide groups is 1. The molecule has 1 fully saturated rings. The zero-order chi connectivity index (χ0) is 60.5. The molecule has 0 aliphatic carbocycles. The quantitative estimate of drug-likeness (QED) is 0.00889. The molecule has 2 heterocycles. The smallest absolute Gasteiger partial charge is 0.325 e. The summed E-state index contributed by atoms with van der Waals surface area (Å²) >= 11 is 8.32. The first kappa shape index (κ1) is 65.6. The number of nitrogens with one attached hydrogen (secondary N) is 10. The largest absolute Gasteiger partial charge is 0.370 e. The van der Waals surface area contributed by atoms with Crippen LogP contribution in [-0.2, 0) is 56.0 Å². The molecule has 0 bridgehead atoms. The number of guanidine groups is 2. The SMILES string of the molecule is C=C(C[C@H](NC(=O)[C@@H](C)NC(=O)[C@H](CS)NC(=O)CN1C(=O)N[C@H](CCCN=C(N)N)C1=O)C(=O)N[C@H](Cc1ccccc1)C(=O)N[C@@H](CCCN=C(N)N)C(=O)N[C@@H](Cc1c[nH]c2ccccc12)C(=O)N[C@@H](CS)C(N)=O)NC=NC. The number of H-pyrrole nitrogens is 1. The highest BCUT2D eigenvalue weighted by molar-refractivity contribution is 7.80. The molecule has 82 heavy (non-hydrogen) atoms. The number of nitrogens with two attached hydrogens (primary N) is 5. The fourth-order valence-electron chi connectivity index (χ4n) is 8.21. The van der Waals surface area contributed by atoms with Gasteiger partial charge < -0.3 is 81.5 Å². The molecule has 31 heteroatoms. The molecular weight excluding hydrogens is 1100 g/mol. The Morgan fingerprint density at radius 2 is 1.23 bits per heavy atom. The van der Waals surface area contributed by atoms with E-state index in [1.165, 1.54) is 20.3 Å². The van der Waals surface area contributed by atoms with Gasteiger partial charge in [0.15, 0.2) is 11.9 Å². The average molecular weight is 1180 g/mol. The van der Waals surface area contributed by atoms with Crippen LogP contribution in [0.15, 0.2) is 88.0 Å². The molecule has 0 radical (unpaired) electrons. The molecule has 0 unspecified atom stereocenters. The number of benzene rings is 2. The lowest BCUT2D eigenvalue weighted by Crippen LogP contribution is -2.60. The van der Waals surface area contributed by atoms with E-state index in [1.807, 2.05) is 18.2 Å². The van der Waals surface area contributed by atoms with Gasteiger partial charge in [-0.15, -0.1) is 0 Å². The number of urea groups is 1. The number of thiol groups is 2. The number of primary amides is 1. The molecule has 3 aromatic rings. The second kappa shape index (κ2) is 33.0. The molecule has 29 nitrogen and oxygen atoms in total. The molecule has 20 N–H and O–H groups in total. The topological polar surface area (TPSA) is 465 Å². The third-order valence-corrected chi connectivity index (χ3v) is 13.2. The molecule has 8 atom stereocenters. The Kier molecular flexibility index (Phi) is 26.4. The zero-order valence-corrected chi connectivity index (χ0v) is 47.1. The van der Waals surface area contributed by atoms with Gasteiger partial charge in [-0.3, -0.25) is 63.0 Å². The number of hydrogen-bond donors (Lipinski definition) is 17. The first-order chi connectivity index (χ1) is 39.0. The molecular formula is C51H73N19O10S2. The number of amides is 11. The van der Waals surface area contributed by atoms with E-state index in [0.29, 0.717) is 22.4 Å². The van der Waals surface area contributed by atoms with Gasteiger partial charge in [0.25, 0.3) is 5.91 Å². The van der Waals surface area contributed by atoms with Crippen LogP contribution in [0.1, 0.15) is 50.2 Å². The van der Waals surface area contributed by atoms with E-state index in [0.717, 1.165) is 10.9 Å². The predicted octanol–water partition coefficient (Wildman–Crippen LogP) is -4.11. The minimum atomic E-state index is -1.49. The van der Waals surface area contributed by atoms with Crippen LogP contribution in [0.5, 0.6) is 0 Å². The summed E-state index contributed by atoms with van der Waals surface area (Å²) in [4.78, 5) is 151. The summed E-state index contributed by atoms with van der Waals surface area (Å²) in [5.74, 6) is -8.39. The van der Waals surface area contributed by atoms with Crippen molar-refractivity contribution in [2.75, 3.05) is 38.2 Å². The van der Waals surface area contributed by atoms with Crippen LogP contribution in [0.4, 0.5) is 4.79 Å². The van der Waals surface area contributed by atoms with Crippen LogP contribution >= 0.6 is 25.3 Å². The first-order valence-electron chi connectivity index (χ1n) is 25.8. The Balaban J connectivity index is 1.56. The second-order valence-electron chi connectivity index (χ2n) is 18.8. The standard InChI is InChI=1S/C51H73N19O10S2/c1-27(61-26-57-3)19-35(65-42(73)28(2)62-47(78)39(25-82)63-40(71)23-70-48(79)34(69-51(70)80)16-10-18-59-50(55)56)44(75)66-36(20-29-11-5-4-6-12-29)45(76)64-33(15-9-17-58-49(53)54)43(74)67-37(46(77)68-38(24-81)41(52)72)21-30-22-60-32-14-8-7-13-31(30)32/h4-8,11-14,22,26,28,33-39,60,81-82H,1,9-10,15-21,23-25H2,2-3H3,(H2,52,72)(H,57,61)(H,62,78)(H,63,71)(H,64,76)(H,65,73)(H,66,75)(H,67,74)(H,68,77)(H,69,80)(H4,53,54,58)(H4,55,56,59)/t28-,33+,34-,35+,36-,37+,38+,39+/m1/s1. The highest BCUT2D eigenvalue weighted by Crippen LogP contribution is 2.20. The molecule has 0 spiro atoms. The van der Waals surface area contributed by atoms with Gasteiger partial charge in [-0.05, 0) is 49.8 Å². The van der Waals surface area contributed by atoms with Crippen molar-refractivity contribution in [1.82, 2.24) is 57.7 Å². The van der Waals surface area contributed by atoms with E-state index in [2.05, 4.69) is 99.6 Å². The lowest BCUT2D eigenvalue weighted by atomic mass is 10.0. The van der Waals surface area contributed by atoms with Crippen LogP contribution in [0.3, 0.4) is 0 Å². The van der Waals surface area contributed by atoms with Crippen molar-refractivity contribution in [3.63, 3.8) is 0 Å². The maximum absolute atomic E-state index is 14.7. The molecule has 444 valence electrons. The zero-order valence-electron chi connectivity index (χ0n) is 45.3. The van der Waals surface area contributed by atoms with E-state index >= 15 is 0 Å². The number of rotatable bonds is 34. The third kappa shape index (κ3) is 21.0. The number of aromatic nitrogens is 1. The average Bonchev–Trinajstić information content (AvgIpc) is 4.06. The van der Waals surface area contributed by atoms with Gasteiger partial charge in [-0.1, -0.05) is 55.1 Å². The van der Waals surface area contributed by atoms with Gasteiger partial charge in [0.05, 0.1) is 6.34 Å². The summed E-state index contributed by atoms with van der Waals surface area (Å²) < 4.78 is 0. The van der Waals surface area contributed by atoms with Crippen molar-refractivity contribution >= 4 is 114 Å². The summed E-state index contributed by atoms with van der Waals surface area (Å²) in [6.45, 7) is 4.72. The number of para-hydroxylation sites is 1. The minimum absolute atomic E-state index is 0.0327. The number of aliphatic imine (C=N–C) groups is 3. The Morgan fingerprint density at radius 1 is 0.683 bits per heavy atom. The molecule has 1 aliphatic rings. The van der Waals surface area contributed by atoms with Crippen molar-refractivity contribution in [3.05, 3.63) is 84.2 Å². The van der Waals surface area contributed by atoms with Crippen molar-refractivity contribution < 1.29 is 47.9 Å². The van der Waals surface area contributed by atoms with Crippen molar-refractivity contribution in [2.24, 2.45) is 43.6 Å². The summed E-state index contributed by atoms with van der Waals surface area (Å²) in [5, 5.41) is 24.2. The number of aromatic amines is 1. The van der Waals surface area contributed by atoms with E-state index in [9.17, 15) is 47.9 Å². The van der Waals surface area contributed by atoms with Gasteiger partial charge in [-0.2, -0.15) is 25.3 Å². The third-order valence-electron chi connectivity index (χ3n) is 12.5. The summed E-state index contributed by atoms with van der Waals surface area (Å²) in [5.41, 5.74) is 29.5. The molecule has 4 rings (SSSR count). The predicted molar refractivity (Wildman–Crippen MR) is 313 cm³/mol. The van der Waals surface area contributed by atoms with Crippen LogP contribution in [-0.4, -0.2) is 174 Å². The monoisotopic (exact) mass is 1180 g/mol. The normalized spacial score (nSPS) is 15.5. The van der Waals surface area contributed by atoms with Crippen LogP contribution in [0.2, 0.25) is 0 Å². The molecule has 1 aliphatic heterocycles. The van der Waals surface area contributed by atoms with Crippen molar-refractivity contribution in [1.29, 1.82) is 0 Å². The first-order valence-corrected chi connectivity index (χ1v) is 27.1. The highest BCUT2D eigenvalue weighted by Gasteiger charge is 2.39. The maximum Gasteiger partial charge on any atom is 0.325 e. The van der Waals surface area contributed by atoms with Crippen molar-refractivity contribution in [3.8, 4) is 0 Å². The van der Waals surface area contributed by atoms with E-state index in [1.54, 1.807) is 42.6 Å². The lowest BCUT2D eigenvalue weighted by molar-refractivity contribution is -0.135. The number of nitrogens with zero attached hydrogens (tertiary/aromatic N) is 4. The lowest BCUT2D eigenvalue weighted by Gasteiger charge is -2.28. The molecule has 1 aromatic heterocycles. The molecule has 0 saturated carbocycles. The Labute approximate surface area is 483 Å². The van der Waals surface area contributed by atoms with Crippen LogP contribution in [0, 0.1) is 0 Å². The maximum atomic E-state index is 14.7. The number of hydrogen-bond acceptors (Lipinski definition) is 15. The minimum Gasteiger partial charge on any atom is -0.370 e. The van der Waals surface area contributed by atoms with Gasteiger partial charge >= 0.3 is 6.03 Å². The van der Waals surface area contributed by atoms with Gasteiger partial charge in [0, 0.05) is 73.7 Å². The fraction of sp³-hybridized carbons (Fsp3) is 0.431. The van der Waals surface area contributed by atoms with E-state index in [-0.39, 0.29) is 80.7 Å². The Hall–Kier alpha value is -8.87. The molecule has 2 aromatic carbocycles. The molecule has 1 saturated heterocycles. The van der Waals surface area contributed by atoms with Crippen molar-refractivity contribution in [2.45, 2.75) is 100 Å². The number of fused-ring (bicyclic) bond motifs is 1. The van der Waals surface area contributed by atoms with Gasteiger partial charge in [0.1, 0.15) is 54.9 Å². The molecule has 11 amide bonds. The Bertz CT molecular complexity index is 2860. The van der Waals surface area contributed by atoms with E-state index in [4.69, 9.17) is 28.7 Å². The number of carbonyl (C=O) groups is 10. The summed E-state index contributed by atoms with van der Waals surface area (Å²) in [7, 11) is 1.47. The second-order valence-corrected chi connectivity index (χ2v) is 19.6. The van der Waals surface area contributed by atoms with Crippen LogP contribution < -0.4 is 76.5 Å².